The monoisotopic (exact) mass is 607 g/mol. The van der Waals surface area contributed by atoms with Gasteiger partial charge in [-0.15, -0.1) is 0 Å². The van der Waals surface area contributed by atoms with E-state index in [-0.39, 0.29) is 12.2 Å². The van der Waals surface area contributed by atoms with E-state index in [1.807, 2.05) is 42.5 Å². The SMILES string of the molecule is CCOC(=O)[C@H](C)Oc1ccc(C=Nn2c(-c3cc4ccccc4o3)nc3ccccc3c2=O)cc1I. The summed E-state index contributed by atoms with van der Waals surface area (Å²) in [5, 5.41) is 5.85. The highest BCUT2D eigenvalue weighted by Gasteiger charge is 2.18. The van der Waals surface area contributed by atoms with Gasteiger partial charge < -0.3 is 13.9 Å². The number of hydrogen-bond donors (Lipinski definition) is 0. The number of esters is 1. The Hall–Kier alpha value is -3.99. The highest BCUT2D eigenvalue weighted by molar-refractivity contribution is 14.1. The van der Waals surface area contributed by atoms with Crippen LogP contribution in [0.15, 0.2) is 87.1 Å². The van der Waals surface area contributed by atoms with Crippen molar-refractivity contribution in [1.82, 2.24) is 9.66 Å². The Morgan fingerprint density at radius 3 is 2.70 bits per heavy atom. The van der Waals surface area contributed by atoms with Gasteiger partial charge in [-0.25, -0.2) is 9.78 Å². The number of furan rings is 1. The van der Waals surface area contributed by atoms with Crippen molar-refractivity contribution in [2.24, 2.45) is 5.10 Å². The predicted octanol–water partition coefficient (Wildman–Crippen LogP) is 5.63. The number of carbonyl (C=O) groups excluding carboxylic acids is 1. The Bertz CT molecular complexity index is 1670. The number of ether oxygens (including phenoxy) is 2. The highest BCUT2D eigenvalue weighted by atomic mass is 127. The largest absolute Gasteiger partial charge is 0.478 e. The van der Waals surface area contributed by atoms with Crippen molar-refractivity contribution in [3.05, 3.63) is 92.3 Å². The average molecular weight is 607 g/mol. The lowest BCUT2D eigenvalue weighted by atomic mass is 10.2. The van der Waals surface area contributed by atoms with Gasteiger partial charge in [-0.3, -0.25) is 4.79 Å². The zero-order valence-electron chi connectivity index (χ0n) is 20.1. The number of halogens is 1. The molecular weight excluding hydrogens is 585 g/mol. The number of fused-ring (bicyclic) bond motifs is 2. The van der Waals surface area contributed by atoms with E-state index in [1.54, 1.807) is 50.4 Å². The van der Waals surface area contributed by atoms with Gasteiger partial charge in [-0.1, -0.05) is 30.3 Å². The van der Waals surface area contributed by atoms with Crippen LogP contribution in [0, 0.1) is 3.57 Å². The van der Waals surface area contributed by atoms with Gasteiger partial charge in [0.25, 0.3) is 5.56 Å². The fourth-order valence-corrected chi connectivity index (χ4v) is 4.46. The fraction of sp³-hybridized carbons (Fsp3) is 0.143. The maximum Gasteiger partial charge on any atom is 0.347 e. The van der Waals surface area contributed by atoms with Crippen molar-refractivity contribution in [3.63, 3.8) is 0 Å². The Balaban J connectivity index is 1.52. The summed E-state index contributed by atoms with van der Waals surface area (Å²) in [5.74, 6) is 0.859. The molecule has 0 N–H and O–H groups in total. The van der Waals surface area contributed by atoms with E-state index >= 15 is 0 Å². The summed E-state index contributed by atoms with van der Waals surface area (Å²) in [6, 6.07) is 22.0. The van der Waals surface area contributed by atoms with E-state index in [0.717, 1.165) is 14.5 Å². The number of carbonyl (C=O) groups is 1. The minimum absolute atomic E-state index is 0.290. The van der Waals surface area contributed by atoms with Gasteiger partial charge in [0, 0.05) is 5.39 Å². The van der Waals surface area contributed by atoms with Crippen molar-refractivity contribution in [2.45, 2.75) is 20.0 Å². The Kier molecular flexibility index (Phi) is 7.04. The molecular formula is C28H22IN3O5. The molecule has 0 aliphatic heterocycles. The molecule has 0 radical (unpaired) electrons. The summed E-state index contributed by atoms with van der Waals surface area (Å²) in [6.07, 6.45) is 0.840. The van der Waals surface area contributed by atoms with E-state index in [2.05, 4.69) is 27.7 Å². The molecule has 1 atom stereocenters. The van der Waals surface area contributed by atoms with E-state index in [4.69, 9.17) is 18.9 Å². The lowest BCUT2D eigenvalue weighted by Crippen LogP contribution is -2.26. The molecule has 0 fully saturated rings. The van der Waals surface area contributed by atoms with Crippen molar-refractivity contribution in [2.75, 3.05) is 6.61 Å². The maximum atomic E-state index is 13.4. The van der Waals surface area contributed by atoms with Crippen molar-refractivity contribution in [1.29, 1.82) is 0 Å². The highest BCUT2D eigenvalue weighted by Crippen LogP contribution is 2.27. The van der Waals surface area contributed by atoms with Crippen LogP contribution in [-0.4, -0.2) is 34.6 Å². The summed E-state index contributed by atoms with van der Waals surface area (Å²) in [5.41, 5.74) is 1.67. The third-order valence-electron chi connectivity index (χ3n) is 5.60. The normalized spacial score (nSPS) is 12.3. The van der Waals surface area contributed by atoms with Crippen LogP contribution in [0.4, 0.5) is 0 Å². The van der Waals surface area contributed by atoms with Gasteiger partial charge in [-0.05, 0) is 84.5 Å². The quantitative estimate of drug-likeness (QED) is 0.135. The molecule has 0 amide bonds. The molecule has 9 heteroatoms. The Labute approximate surface area is 225 Å². The van der Waals surface area contributed by atoms with Crippen LogP contribution in [0.2, 0.25) is 0 Å². The van der Waals surface area contributed by atoms with Crippen LogP contribution in [0.25, 0.3) is 33.5 Å². The number of benzene rings is 3. The topological polar surface area (TPSA) is 95.9 Å². The van der Waals surface area contributed by atoms with Gasteiger partial charge >= 0.3 is 5.97 Å². The van der Waals surface area contributed by atoms with Crippen LogP contribution in [0.3, 0.4) is 0 Å². The Morgan fingerprint density at radius 1 is 1.14 bits per heavy atom. The van der Waals surface area contributed by atoms with Crippen LogP contribution in [0.1, 0.15) is 19.4 Å². The third kappa shape index (κ3) is 5.12. The molecule has 0 spiro atoms. The zero-order valence-corrected chi connectivity index (χ0v) is 22.2. The molecule has 3 aromatic carbocycles. The molecule has 0 aliphatic rings. The van der Waals surface area contributed by atoms with Gasteiger partial charge in [0.1, 0.15) is 11.3 Å². The van der Waals surface area contributed by atoms with Crippen LogP contribution in [0.5, 0.6) is 5.75 Å². The van der Waals surface area contributed by atoms with Gasteiger partial charge in [0.2, 0.25) is 5.82 Å². The number of nitrogens with zero attached hydrogens (tertiary/aromatic N) is 3. The van der Waals surface area contributed by atoms with Crippen LogP contribution >= 0.6 is 22.6 Å². The predicted molar refractivity (Wildman–Crippen MR) is 150 cm³/mol. The van der Waals surface area contributed by atoms with E-state index in [0.29, 0.717) is 33.8 Å². The molecule has 0 aliphatic carbocycles. The first-order valence-electron chi connectivity index (χ1n) is 11.6. The van der Waals surface area contributed by atoms with Crippen LogP contribution in [-0.2, 0) is 9.53 Å². The zero-order chi connectivity index (χ0) is 25.9. The summed E-state index contributed by atoms with van der Waals surface area (Å²) < 4.78 is 18.8. The first-order chi connectivity index (χ1) is 17.9. The summed E-state index contributed by atoms with van der Waals surface area (Å²) in [4.78, 5) is 30.0. The van der Waals surface area contributed by atoms with Gasteiger partial charge in [0.05, 0.1) is 27.3 Å². The Morgan fingerprint density at radius 2 is 1.92 bits per heavy atom. The first kappa shape index (κ1) is 24.7. The molecule has 37 heavy (non-hydrogen) atoms. The molecule has 2 aromatic heterocycles. The fourth-order valence-electron chi connectivity index (χ4n) is 3.80. The lowest BCUT2D eigenvalue weighted by Gasteiger charge is -2.14. The lowest BCUT2D eigenvalue weighted by molar-refractivity contribution is -0.150. The van der Waals surface area contributed by atoms with Gasteiger partial charge in [0.15, 0.2) is 11.9 Å². The molecule has 5 rings (SSSR count). The summed E-state index contributed by atoms with van der Waals surface area (Å²) in [7, 11) is 0. The molecule has 0 bridgehead atoms. The van der Waals surface area contributed by atoms with E-state index in [1.165, 1.54) is 4.68 Å². The van der Waals surface area contributed by atoms with Crippen molar-refractivity contribution in [3.8, 4) is 17.3 Å². The number of rotatable bonds is 7. The standard InChI is InChI=1S/C28H22IN3O5/c1-3-35-28(34)17(2)36-24-13-12-18(14-21(24)29)16-30-32-26(25-15-19-8-4-7-11-23(19)37-25)31-22-10-6-5-9-20(22)27(32)33/h4-17H,3H2,1-2H3/t17-/m0/s1. The number of para-hydroxylation sites is 2. The van der Waals surface area contributed by atoms with Crippen molar-refractivity contribution < 1.29 is 18.7 Å². The van der Waals surface area contributed by atoms with Crippen molar-refractivity contribution >= 4 is 56.6 Å². The molecule has 2 heterocycles. The second-order valence-corrected chi connectivity index (χ2v) is 9.33. The number of hydrogen-bond acceptors (Lipinski definition) is 7. The minimum Gasteiger partial charge on any atom is -0.478 e. The maximum absolute atomic E-state index is 13.4. The van der Waals surface area contributed by atoms with E-state index < -0.39 is 12.1 Å². The second kappa shape index (κ2) is 10.6. The van der Waals surface area contributed by atoms with Crippen LogP contribution < -0.4 is 10.3 Å². The number of aromatic nitrogens is 2. The minimum atomic E-state index is -0.735. The van der Waals surface area contributed by atoms with E-state index in [9.17, 15) is 9.59 Å². The molecule has 8 nitrogen and oxygen atoms in total. The first-order valence-corrected chi connectivity index (χ1v) is 12.7. The summed E-state index contributed by atoms with van der Waals surface area (Å²) >= 11 is 2.13. The molecule has 5 aromatic rings. The summed E-state index contributed by atoms with van der Waals surface area (Å²) in [6.45, 7) is 3.68. The smallest absolute Gasteiger partial charge is 0.347 e. The second-order valence-electron chi connectivity index (χ2n) is 8.16. The molecule has 0 saturated heterocycles. The molecule has 0 saturated carbocycles. The molecule has 0 unspecified atom stereocenters. The average Bonchev–Trinajstić information content (AvgIpc) is 3.34. The third-order valence-corrected chi connectivity index (χ3v) is 6.44. The van der Waals surface area contributed by atoms with Gasteiger partial charge in [-0.2, -0.15) is 9.78 Å². The molecule has 186 valence electrons.